The van der Waals surface area contributed by atoms with Gasteiger partial charge in [0.15, 0.2) is 0 Å². The molecule has 150 valence electrons. The fourth-order valence-electron chi connectivity index (χ4n) is 2.89. The predicted molar refractivity (Wildman–Crippen MR) is 115 cm³/mol. The lowest BCUT2D eigenvalue weighted by molar-refractivity contribution is -0.116. The molecular weight excluding hydrogens is 390 g/mol. The summed E-state index contributed by atoms with van der Waals surface area (Å²) in [6, 6.07) is 16.0. The number of carbonyl (C=O) groups is 1. The molecular formula is C22H22ClN3O3. The normalized spacial score (nSPS) is 10.6. The molecule has 6 nitrogen and oxygen atoms in total. The van der Waals surface area contributed by atoms with Crippen LogP contribution in [0.1, 0.15) is 18.4 Å². The number of nitrogens with zero attached hydrogens (tertiary/aromatic N) is 2. The fourth-order valence-corrected chi connectivity index (χ4v) is 3.06. The number of anilines is 1. The van der Waals surface area contributed by atoms with E-state index in [1.807, 2.05) is 37.3 Å². The number of hydrogen-bond acceptors (Lipinski definition) is 4. The molecule has 3 rings (SSSR count). The highest BCUT2D eigenvalue weighted by atomic mass is 35.5. The van der Waals surface area contributed by atoms with E-state index in [1.54, 1.807) is 25.3 Å². The Labute approximate surface area is 174 Å². The van der Waals surface area contributed by atoms with E-state index in [2.05, 4.69) is 10.4 Å². The van der Waals surface area contributed by atoms with Gasteiger partial charge in [-0.3, -0.25) is 9.59 Å². The Hall–Kier alpha value is -3.12. The summed E-state index contributed by atoms with van der Waals surface area (Å²) in [5.74, 6) is 0.586. The molecule has 3 aromatic rings. The Morgan fingerprint density at radius 1 is 1.17 bits per heavy atom. The summed E-state index contributed by atoms with van der Waals surface area (Å²) in [6.07, 6.45) is 0.753. The molecule has 1 amide bonds. The molecule has 0 bridgehead atoms. The average molecular weight is 412 g/mol. The maximum absolute atomic E-state index is 12.2. The van der Waals surface area contributed by atoms with Crippen LogP contribution in [-0.2, 0) is 11.3 Å². The minimum absolute atomic E-state index is 0.132. The number of ether oxygens (including phenoxy) is 1. The number of carbonyl (C=O) groups excluding carboxylic acids is 1. The summed E-state index contributed by atoms with van der Waals surface area (Å²) in [6.45, 7) is 2.20. The van der Waals surface area contributed by atoms with Crippen molar-refractivity contribution in [3.63, 3.8) is 0 Å². The first-order valence-electron chi connectivity index (χ1n) is 9.25. The van der Waals surface area contributed by atoms with Gasteiger partial charge in [-0.15, -0.1) is 0 Å². The summed E-state index contributed by atoms with van der Waals surface area (Å²) in [7, 11) is 1.60. The van der Waals surface area contributed by atoms with Gasteiger partial charge in [-0.2, -0.15) is 5.10 Å². The number of nitrogens with one attached hydrogen (secondary N) is 1. The SMILES string of the molecule is COc1cccc(-c2ccc(=O)n(CCCC(=O)Nc3cccc(Cl)c3C)n2)c1. The van der Waals surface area contributed by atoms with Gasteiger partial charge < -0.3 is 10.1 Å². The van der Waals surface area contributed by atoms with Crippen molar-refractivity contribution in [2.75, 3.05) is 12.4 Å². The Morgan fingerprint density at radius 3 is 2.76 bits per heavy atom. The quantitative estimate of drug-likeness (QED) is 0.629. The standard InChI is InChI=1S/C22H22ClN3O3/c1-15-18(23)8-4-9-19(15)24-21(27)10-5-13-26-22(28)12-11-20(25-26)16-6-3-7-17(14-16)29-2/h3-4,6-9,11-12,14H,5,10,13H2,1-2H3,(H,24,27). The lowest BCUT2D eigenvalue weighted by Gasteiger charge is -2.10. The number of amides is 1. The molecule has 0 unspecified atom stereocenters. The van der Waals surface area contributed by atoms with Gasteiger partial charge >= 0.3 is 0 Å². The third-order valence-electron chi connectivity index (χ3n) is 4.55. The summed E-state index contributed by atoms with van der Waals surface area (Å²) in [5, 5.41) is 7.89. The summed E-state index contributed by atoms with van der Waals surface area (Å²) in [4.78, 5) is 24.4. The first-order chi connectivity index (χ1) is 14.0. The molecule has 7 heteroatoms. The van der Waals surface area contributed by atoms with Gasteiger partial charge in [-0.05, 0) is 49.2 Å². The molecule has 29 heavy (non-hydrogen) atoms. The number of benzene rings is 2. The Balaban J connectivity index is 1.64. The first kappa shape index (κ1) is 20.6. The number of aryl methyl sites for hydroxylation is 1. The van der Waals surface area contributed by atoms with Crippen LogP contribution < -0.4 is 15.6 Å². The first-order valence-corrected chi connectivity index (χ1v) is 9.63. The zero-order valence-electron chi connectivity index (χ0n) is 16.3. The van der Waals surface area contributed by atoms with Crippen molar-refractivity contribution in [3.05, 3.63) is 75.5 Å². The molecule has 2 aromatic carbocycles. The van der Waals surface area contributed by atoms with Gasteiger partial charge in [0, 0.05) is 35.3 Å². The molecule has 0 aliphatic rings. The van der Waals surface area contributed by atoms with Crippen LogP contribution in [0.25, 0.3) is 11.3 Å². The Bertz CT molecular complexity index is 1080. The van der Waals surface area contributed by atoms with Crippen LogP contribution in [0.2, 0.25) is 5.02 Å². The molecule has 0 aliphatic heterocycles. The Kier molecular flexibility index (Phi) is 6.67. The fraction of sp³-hybridized carbons (Fsp3) is 0.227. The lowest BCUT2D eigenvalue weighted by atomic mass is 10.1. The van der Waals surface area contributed by atoms with E-state index < -0.39 is 0 Å². The third kappa shape index (κ3) is 5.23. The molecule has 0 fully saturated rings. The number of methoxy groups -OCH3 is 1. The minimum atomic E-state index is -0.206. The zero-order chi connectivity index (χ0) is 20.8. The minimum Gasteiger partial charge on any atom is -0.497 e. The van der Waals surface area contributed by atoms with Crippen molar-refractivity contribution >= 4 is 23.2 Å². The van der Waals surface area contributed by atoms with Crippen molar-refractivity contribution in [2.24, 2.45) is 0 Å². The third-order valence-corrected chi connectivity index (χ3v) is 4.96. The monoisotopic (exact) mass is 411 g/mol. The van der Waals surface area contributed by atoms with Crippen LogP contribution in [-0.4, -0.2) is 22.8 Å². The Morgan fingerprint density at radius 2 is 1.97 bits per heavy atom. The largest absolute Gasteiger partial charge is 0.497 e. The maximum atomic E-state index is 12.2. The van der Waals surface area contributed by atoms with Crippen LogP contribution in [0, 0.1) is 6.92 Å². The molecule has 0 aliphatic carbocycles. The van der Waals surface area contributed by atoms with Crippen LogP contribution in [0.5, 0.6) is 5.75 Å². The molecule has 0 radical (unpaired) electrons. The van der Waals surface area contributed by atoms with Gasteiger partial charge in [0.05, 0.1) is 12.8 Å². The second-order valence-electron chi connectivity index (χ2n) is 6.58. The second-order valence-corrected chi connectivity index (χ2v) is 6.98. The highest BCUT2D eigenvalue weighted by molar-refractivity contribution is 6.31. The highest BCUT2D eigenvalue weighted by Gasteiger charge is 2.09. The molecule has 1 aromatic heterocycles. The van der Waals surface area contributed by atoms with E-state index in [-0.39, 0.29) is 17.9 Å². The molecule has 0 saturated heterocycles. The number of halogens is 1. The molecule has 0 spiro atoms. The van der Waals surface area contributed by atoms with Crippen LogP contribution in [0.3, 0.4) is 0 Å². The van der Waals surface area contributed by atoms with Crippen LogP contribution >= 0.6 is 11.6 Å². The summed E-state index contributed by atoms with van der Waals surface area (Å²) < 4.78 is 6.62. The van der Waals surface area contributed by atoms with E-state index in [0.717, 1.165) is 16.9 Å². The zero-order valence-corrected chi connectivity index (χ0v) is 17.1. The summed E-state index contributed by atoms with van der Waals surface area (Å²) >= 11 is 6.08. The van der Waals surface area contributed by atoms with E-state index in [4.69, 9.17) is 16.3 Å². The average Bonchev–Trinajstić information content (AvgIpc) is 2.73. The van der Waals surface area contributed by atoms with E-state index in [0.29, 0.717) is 29.4 Å². The van der Waals surface area contributed by atoms with Crippen molar-refractivity contribution in [2.45, 2.75) is 26.3 Å². The number of aromatic nitrogens is 2. The van der Waals surface area contributed by atoms with Crippen molar-refractivity contribution in [1.82, 2.24) is 9.78 Å². The predicted octanol–water partition coefficient (Wildman–Crippen LogP) is 4.30. The molecule has 0 saturated carbocycles. The van der Waals surface area contributed by atoms with E-state index >= 15 is 0 Å². The van der Waals surface area contributed by atoms with Crippen molar-refractivity contribution in [1.29, 1.82) is 0 Å². The van der Waals surface area contributed by atoms with Gasteiger partial charge in [-0.25, -0.2) is 4.68 Å². The van der Waals surface area contributed by atoms with Crippen LogP contribution in [0.4, 0.5) is 5.69 Å². The summed E-state index contributed by atoms with van der Waals surface area (Å²) in [5.41, 5.74) is 2.83. The number of hydrogen-bond donors (Lipinski definition) is 1. The number of rotatable bonds is 7. The van der Waals surface area contributed by atoms with Crippen molar-refractivity contribution in [3.8, 4) is 17.0 Å². The van der Waals surface area contributed by atoms with Crippen molar-refractivity contribution < 1.29 is 9.53 Å². The van der Waals surface area contributed by atoms with Gasteiger partial charge in [0.2, 0.25) is 5.91 Å². The molecule has 1 heterocycles. The van der Waals surface area contributed by atoms with E-state index in [1.165, 1.54) is 10.7 Å². The van der Waals surface area contributed by atoms with Crippen LogP contribution in [0.15, 0.2) is 59.4 Å². The molecule has 1 N–H and O–H groups in total. The van der Waals surface area contributed by atoms with E-state index in [9.17, 15) is 9.59 Å². The topological polar surface area (TPSA) is 73.2 Å². The van der Waals surface area contributed by atoms with Gasteiger partial charge in [0.25, 0.3) is 5.56 Å². The highest BCUT2D eigenvalue weighted by Crippen LogP contribution is 2.23. The lowest BCUT2D eigenvalue weighted by Crippen LogP contribution is -2.23. The maximum Gasteiger partial charge on any atom is 0.266 e. The van der Waals surface area contributed by atoms with Gasteiger partial charge in [0.1, 0.15) is 5.75 Å². The second kappa shape index (κ2) is 9.39. The van der Waals surface area contributed by atoms with Gasteiger partial charge in [-0.1, -0.05) is 29.8 Å². The molecule has 0 atom stereocenters. The smallest absolute Gasteiger partial charge is 0.266 e.